The summed E-state index contributed by atoms with van der Waals surface area (Å²) in [7, 11) is 0. The van der Waals surface area contributed by atoms with Crippen molar-refractivity contribution in [1.82, 2.24) is 14.6 Å². The highest BCUT2D eigenvalue weighted by Crippen LogP contribution is 2.26. The zero-order valence-electron chi connectivity index (χ0n) is 12.6. The number of hydrogen-bond donors (Lipinski definition) is 2. The summed E-state index contributed by atoms with van der Waals surface area (Å²) in [4.78, 5) is 13.1. The van der Waals surface area contributed by atoms with Crippen LogP contribution in [0.5, 0.6) is 0 Å². The maximum Gasteiger partial charge on any atom is 0.255 e. The maximum absolute atomic E-state index is 5.82. The highest BCUT2D eigenvalue weighted by atomic mass is 32.2. The number of benzene rings is 2. The van der Waals surface area contributed by atoms with Gasteiger partial charge in [-0.1, -0.05) is 60.3 Å². The number of nitrogen functional groups attached to an aromatic ring is 1. The van der Waals surface area contributed by atoms with Crippen LogP contribution in [0.4, 0.5) is 11.6 Å². The van der Waals surface area contributed by atoms with Crippen LogP contribution in [0.25, 0.3) is 5.70 Å². The van der Waals surface area contributed by atoms with Crippen molar-refractivity contribution in [3.8, 4) is 0 Å². The summed E-state index contributed by atoms with van der Waals surface area (Å²) >= 11 is 1.48. The largest absolute Gasteiger partial charge is 0.368 e. The van der Waals surface area contributed by atoms with Gasteiger partial charge in [-0.3, -0.25) is 5.43 Å². The van der Waals surface area contributed by atoms with Crippen LogP contribution in [0.3, 0.4) is 0 Å². The molecule has 1 aliphatic rings. The van der Waals surface area contributed by atoms with Crippen LogP contribution in [0.15, 0.2) is 76.2 Å². The number of hydrogen-bond acceptors (Lipinski definition) is 6. The van der Waals surface area contributed by atoms with Gasteiger partial charge in [0.15, 0.2) is 5.16 Å². The summed E-state index contributed by atoms with van der Waals surface area (Å²) < 4.78 is 1.75. The second-order valence-corrected chi connectivity index (χ2v) is 5.91. The summed E-state index contributed by atoms with van der Waals surface area (Å²) in [5.74, 6) is 0.196. The van der Waals surface area contributed by atoms with Gasteiger partial charge >= 0.3 is 0 Å². The van der Waals surface area contributed by atoms with Gasteiger partial charge in [0, 0.05) is 5.41 Å². The molecule has 0 saturated carbocycles. The van der Waals surface area contributed by atoms with Gasteiger partial charge in [0.1, 0.15) is 0 Å². The van der Waals surface area contributed by atoms with Crippen molar-refractivity contribution in [2.45, 2.75) is 5.16 Å². The van der Waals surface area contributed by atoms with E-state index in [0.29, 0.717) is 10.8 Å². The third-order valence-electron chi connectivity index (χ3n) is 3.40. The summed E-state index contributed by atoms with van der Waals surface area (Å²) in [6, 6.07) is 19.7. The van der Waals surface area contributed by atoms with Crippen LogP contribution >= 0.6 is 11.8 Å². The van der Waals surface area contributed by atoms with E-state index in [4.69, 9.17) is 5.73 Å². The highest BCUT2D eigenvalue weighted by Gasteiger charge is 2.15. The Hall–Kier alpha value is -3.06. The summed E-state index contributed by atoms with van der Waals surface area (Å²) in [6.45, 7) is 0. The second kappa shape index (κ2) is 6.21. The Morgan fingerprint density at radius 1 is 0.958 bits per heavy atom. The van der Waals surface area contributed by atoms with Gasteiger partial charge < -0.3 is 5.73 Å². The van der Waals surface area contributed by atoms with Crippen molar-refractivity contribution in [2.75, 3.05) is 11.2 Å². The monoisotopic (exact) mass is 334 g/mol. The molecule has 0 spiro atoms. The number of fused-ring (bicyclic) bond motifs is 1. The Kier molecular flexibility index (Phi) is 3.76. The molecule has 0 saturated heterocycles. The first kappa shape index (κ1) is 14.5. The van der Waals surface area contributed by atoms with Gasteiger partial charge in [0.25, 0.3) is 5.62 Å². The Labute approximate surface area is 142 Å². The van der Waals surface area contributed by atoms with Crippen molar-refractivity contribution in [1.29, 1.82) is 0 Å². The molecule has 0 radical (unpaired) electrons. The van der Waals surface area contributed by atoms with Crippen LogP contribution in [-0.2, 0) is 0 Å². The minimum absolute atomic E-state index is 0.196. The summed E-state index contributed by atoms with van der Waals surface area (Å²) in [6.07, 6.45) is 0. The molecule has 1 aromatic heterocycles. The number of rotatable bonds is 2. The zero-order chi connectivity index (χ0) is 16.4. The smallest absolute Gasteiger partial charge is 0.255 e. The van der Waals surface area contributed by atoms with E-state index in [1.165, 1.54) is 11.8 Å². The molecule has 1 aliphatic heterocycles. The van der Waals surface area contributed by atoms with Crippen LogP contribution in [0.1, 0.15) is 5.56 Å². The first-order valence-electron chi connectivity index (χ1n) is 7.35. The molecule has 3 N–H and O–H groups in total. The van der Waals surface area contributed by atoms with Gasteiger partial charge in [-0.2, -0.15) is 14.6 Å². The predicted molar refractivity (Wildman–Crippen MR) is 95.7 cm³/mol. The third kappa shape index (κ3) is 2.89. The SMILES string of the molecule is Nc1nc2n(c(=Nc3ccccc3)n1)NC(c1ccccc1)=CS2. The van der Waals surface area contributed by atoms with E-state index in [9.17, 15) is 0 Å². The lowest BCUT2D eigenvalue weighted by atomic mass is 10.2. The number of anilines is 1. The quantitative estimate of drug-likeness (QED) is 0.753. The molecule has 2 aromatic carbocycles. The third-order valence-corrected chi connectivity index (χ3v) is 4.24. The van der Waals surface area contributed by atoms with E-state index >= 15 is 0 Å². The minimum atomic E-state index is 0.196. The molecule has 3 aromatic rings. The van der Waals surface area contributed by atoms with Crippen LogP contribution in [-0.4, -0.2) is 14.6 Å². The molecular formula is C17H14N6S. The molecular weight excluding hydrogens is 320 g/mol. The van der Waals surface area contributed by atoms with Crippen molar-refractivity contribution < 1.29 is 0 Å². The maximum atomic E-state index is 5.82. The molecule has 0 amide bonds. The number of para-hydroxylation sites is 1. The van der Waals surface area contributed by atoms with Crippen molar-refractivity contribution >= 4 is 29.1 Å². The van der Waals surface area contributed by atoms with E-state index in [2.05, 4.69) is 20.4 Å². The van der Waals surface area contributed by atoms with E-state index in [0.717, 1.165) is 16.9 Å². The van der Waals surface area contributed by atoms with Crippen molar-refractivity contribution in [2.24, 2.45) is 4.99 Å². The summed E-state index contributed by atoms with van der Waals surface area (Å²) in [5, 5.41) is 2.69. The van der Waals surface area contributed by atoms with Crippen molar-refractivity contribution in [3.05, 3.63) is 77.3 Å². The first-order valence-corrected chi connectivity index (χ1v) is 8.23. The molecule has 118 valence electrons. The topological polar surface area (TPSA) is 81.1 Å². The van der Waals surface area contributed by atoms with E-state index < -0.39 is 0 Å². The fourth-order valence-electron chi connectivity index (χ4n) is 2.29. The van der Waals surface area contributed by atoms with Gasteiger partial charge in [0.2, 0.25) is 5.95 Å². The lowest BCUT2D eigenvalue weighted by molar-refractivity contribution is 0.685. The average Bonchev–Trinajstić information content (AvgIpc) is 2.63. The molecule has 6 nitrogen and oxygen atoms in total. The molecule has 0 unspecified atom stereocenters. The Morgan fingerprint density at radius 3 is 2.42 bits per heavy atom. The van der Waals surface area contributed by atoms with Gasteiger partial charge in [-0.25, -0.2) is 4.99 Å². The Balaban J connectivity index is 1.80. The lowest BCUT2D eigenvalue weighted by Crippen LogP contribution is -2.35. The number of thioether (sulfide) groups is 1. The standard InChI is InChI=1S/C17H14N6S/c18-15-20-16(19-13-9-5-2-6-10-13)23-17(21-15)24-11-14(22-23)12-7-3-1-4-8-12/h1-11,22H,(H2,18,19,20). The molecule has 0 bridgehead atoms. The number of nitrogens with one attached hydrogen (secondary N) is 1. The fourth-order valence-corrected chi connectivity index (χ4v) is 3.08. The molecule has 7 heteroatoms. The number of aromatic nitrogens is 3. The van der Waals surface area contributed by atoms with E-state index in [-0.39, 0.29) is 5.95 Å². The molecule has 0 fully saturated rings. The molecule has 0 aliphatic carbocycles. The molecule has 2 heterocycles. The van der Waals surface area contributed by atoms with Crippen LogP contribution in [0.2, 0.25) is 0 Å². The zero-order valence-corrected chi connectivity index (χ0v) is 13.4. The van der Waals surface area contributed by atoms with E-state index in [1.807, 2.05) is 66.1 Å². The van der Waals surface area contributed by atoms with Gasteiger partial charge in [-0.15, -0.1) is 0 Å². The van der Waals surface area contributed by atoms with Crippen LogP contribution < -0.4 is 16.8 Å². The highest BCUT2D eigenvalue weighted by molar-refractivity contribution is 8.02. The minimum Gasteiger partial charge on any atom is -0.368 e. The normalized spacial score (nSPS) is 13.8. The van der Waals surface area contributed by atoms with Crippen molar-refractivity contribution in [3.63, 3.8) is 0 Å². The Bertz CT molecular complexity index is 963. The average molecular weight is 334 g/mol. The second-order valence-electron chi connectivity index (χ2n) is 5.07. The predicted octanol–water partition coefficient (Wildman–Crippen LogP) is 2.74. The van der Waals surface area contributed by atoms with E-state index in [1.54, 1.807) is 4.68 Å². The fraction of sp³-hybridized carbons (Fsp3) is 0. The molecule has 24 heavy (non-hydrogen) atoms. The Morgan fingerprint density at radius 2 is 1.67 bits per heavy atom. The first-order chi connectivity index (χ1) is 11.8. The van der Waals surface area contributed by atoms with Gasteiger partial charge in [0.05, 0.1) is 11.4 Å². The van der Waals surface area contributed by atoms with Crippen LogP contribution in [0, 0.1) is 0 Å². The molecule has 4 rings (SSSR count). The number of nitrogens with two attached hydrogens (primary N) is 1. The summed E-state index contributed by atoms with van der Waals surface area (Å²) in [5.41, 5.74) is 12.4. The van der Waals surface area contributed by atoms with Gasteiger partial charge in [-0.05, 0) is 17.7 Å². The molecule has 0 atom stereocenters. The number of nitrogens with zero attached hydrogens (tertiary/aromatic N) is 4. The lowest BCUT2D eigenvalue weighted by Gasteiger charge is -2.20.